The summed E-state index contributed by atoms with van der Waals surface area (Å²) in [5.74, 6) is -4.83. The number of benzene rings is 1. The van der Waals surface area contributed by atoms with Crippen LogP contribution >= 0.6 is 0 Å². The van der Waals surface area contributed by atoms with E-state index in [1.807, 2.05) is 6.92 Å². The van der Waals surface area contributed by atoms with Crippen LogP contribution in [0.4, 0.5) is 13.2 Å². The van der Waals surface area contributed by atoms with Crippen molar-refractivity contribution >= 4 is 5.91 Å². The summed E-state index contributed by atoms with van der Waals surface area (Å²) in [7, 11) is 0. The highest BCUT2D eigenvalue weighted by atomic mass is 19.2. The summed E-state index contributed by atoms with van der Waals surface area (Å²) >= 11 is 0. The number of carbonyl (C=O) groups is 1. The SMILES string of the molecule is CCCCCCCCN(CCCC)C(=O)c1ccc(F)c(F)c1F. The van der Waals surface area contributed by atoms with Gasteiger partial charge in [0.25, 0.3) is 5.91 Å². The van der Waals surface area contributed by atoms with Crippen LogP contribution in [0.25, 0.3) is 0 Å². The molecule has 0 spiro atoms. The Morgan fingerprint density at radius 3 is 2.08 bits per heavy atom. The van der Waals surface area contributed by atoms with E-state index >= 15 is 0 Å². The third-order valence-corrected chi connectivity index (χ3v) is 4.12. The number of amides is 1. The highest BCUT2D eigenvalue weighted by Crippen LogP contribution is 2.18. The summed E-state index contributed by atoms with van der Waals surface area (Å²) in [5, 5.41) is 0. The Kier molecular flexibility index (Phi) is 9.50. The highest BCUT2D eigenvalue weighted by molar-refractivity contribution is 5.94. The summed E-state index contributed by atoms with van der Waals surface area (Å²) < 4.78 is 40.3. The molecule has 2 nitrogen and oxygen atoms in total. The molecule has 5 heteroatoms. The maximum atomic E-state index is 13.9. The Balaban J connectivity index is 2.69. The second kappa shape index (κ2) is 11.1. The van der Waals surface area contributed by atoms with Gasteiger partial charge in [-0.15, -0.1) is 0 Å². The van der Waals surface area contributed by atoms with Crippen molar-refractivity contribution in [2.45, 2.75) is 65.2 Å². The van der Waals surface area contributed by atoms with E-state index in [2.05, 4.69) is 6.92 Å². The molecule has 0 saturated heterocycles. The molecule has 136 valence electrons. The lowest BCUT2D eigenvalue weighted by Crippen LogP contribution is -2.33. The van der Waals surface area contributed by atoms with Gasteiger partial charge in [-0.25, -0.2) is 13.2 Å². The van der Waals surface area contributed by atoms with Crippen LogP contribution in [-0.4, -0.2) is 23.9 Å². The van der Waals surface area contributed by atoms with Gasteiger partial charge in [-0.1, -0.05) is 52.4 Å². The first-order valence-corrected chi connectivity index (χ1v) is 8.95. The summed E-state index contributed by atoms with van der Waals surface area (Å²) in [4.78, 5) is 14.1. The van der Waals surface area contributed by atoms with E-state index < -0.39 is 28.9 Å². The molecule has 0 aromatic heterocycles. The van der Waals surface area contributed by atoms with Gasteiger partial charge in [-0.05, 0) is 25.0 Å². The Hall–Kier alpha value is -1.52. The molecular formula is C19H28F3NO. The molecule has 1 amide bonds. The number of halogens is 3. The van der Waals surface area contributed by atoms with Crippen LogP contribution in [0.2, 0.25) is 0 Å². The van der Waals surface area contributed by atoms with Crippen molar-refractivity contribution in [2.24, 2.45) is 0 Å². The normalized spacial score (nSPS) is 10.9. The Morgan fingerprint density at radius 2 is 1.42 bits per heavy atom. The molecule has 0 saturated carbocycles. The molecule has 0 fully saturated rings. The smallest absolute Gasteiger partial charge is 0.256 e. The van der Waals surface area contributed by atoms with Crippen molar-refractivity contribution in [2.75, 3.05) is 13.1 Å². The summed E-state index contributed by atoms with van der Waals surface area (Å²) in [6.45, 7) is 5.18. The maximum absolute atomic E-state index is 13.9. The van der Waals surface area contributed by atoms with Crippen molar-refractivity contribution in [3.8, 4) is 0 Å². The molecule has 0 unspecified atom stereocenters. The molecule has 0 atom stereocenters. The largest absolute Gasteiger partial charge is 0.339 e. The maximum Gasteiger partial charge on any atom is 0.256 e. The van der Waals surface area contributed by atoms with Gasteiger partial charge < -0.3 is 4.90 Å². The quantitative estimate of drug-likeness (QED) is 0.372. The summed E-state index contributed by atoms with van der Waals surface area (Å²) in [5.41, 5.74) is -0.393. The second-order valence-corrected chi connectivity index (χ2v) is 6.14. The monoisotopic (exact) mass is 343 g/mol. The van der Waals surface area contributed by atoms with Gasteiger partial charge in [0.15, 0.2) is 17.5 Å². The fourth-order valence-electron chi connectivity index (χ4n) is 2.61. The lowest BCUT2D eigenvalue weighted by atomic mass is 10.1. The zero-order chi connectivity index (χ0) is 17.9. The molecule has 0 aliphatic carbocycles. The topological polar surface area (TPSA) is 20.3 Å². The lowest BCUT2D eigenvalue weighted by molar-refractivity contribution is 0.0744. The lowest BCUT2D eigenvalue weighted by Gasteiger charge is -2.23. The molecule has 1 rings (SSSR count). The number of carbonyl (C=O) groups excluding carboxylic acids is 1. The first kappa shape index (κ1) is 20.5. The molecule has 0 heterocycles. The third-order valence-electron chi connectivity index (χ3n) is 4.12. The molecular weight excluding hydrogens is 315 g/mol. The van der Waals surface area contributed by atoms with E-state index in [4.69, 9.17) is 0 Å². The van der Waals surface area contributed by atoms with Crippen molar-refractivity contribution < 1.29 is 18.0 Å². The standard InChI is InChI=1S/C19H28F3NO/c1-3-5-7-8-9-10-14-23(13-6-4-2)19(24)15-11-12-16(20)18(22)17(15)21/h11-12H,3-10,13-14H2,1-2H3. The minimum Gasteiger partial charge on any atom is -0.339 e. The van der Waals surface area contributed by atoms with Crippen molar-refractivity contribution in [1.29, 1.82) is 0 Å². The minimum absolute atomic E-state index is 0.393. The number of rotatable bonds is 11. The van der Waals surface area contributed by atoms with Crippen LogP contribution in [0, 0.1) is 17.5 Å². The zero-order valence-corrected chi connectivity index (χ0v) is 14.7. The number of hydrogen-bond acceptors (Lipinski definition) is 1. The molecule has 0 N–H and O–H groups in total. The Labute approximate surface area is 143 Å². The molecule has 24 heavy (non-hydrogen) atoms. The summed E-state index contributed by atoms with van der Waals surface area (Å²) in [6, 6.07) is 1.82. The molecule has 0 radical (unpaired) electrons. The van der Waals surface area contributed by atoms with Crippen LogP contribution < -0.4 is 0 Å². The minimum atomic E-state index is -1.59. The fraction of sp³-hybridized carbons (Fsp3) is 0.632. The van der Waals surface area contributed by atoms with Gasteiger partial charge in [0.2, 0.25) is 0 Å². The number of unbranched alkanes of at least 4 members (excludes halogenated alkanes) is 6. The van der Waals surface area contributed by atoms with Crippen LogP contribution in [0.5, 0.6) is 0 Å². The van der Waals surface area contributed by atoms with Crippen LogP contribution in [-0.2, 0) is 0 Å². The van der Waals surface area contributed by atoms with E-state index in [9.17, 15) is 18.0 Å². The van der Waals surface area contributed by atoms with E-state index in [1.54, 1.807) is 4.90 Å². The molecule has 1 aromatic carbocycles. The van der Waals surface area contributed by atoms with E-state index in [0.717, 1.165) is 44.2 Å². The Bertz CT molecular complexity index is 520. The van der Waals surface area contributed by atoms with Gasteiger partial charge in [0, 0.05) is 13.1 Å². The van der Waals surface area contributed by atoms with Gasteiger partial charge in [0.1, 0.15) is 0 Å². The Morgan fingerprint density at radius 1 is 0.833 bits per heavy atom. The first-order valence-electron chi connectivity index (χ1n) is 8.95. The first-order chi connectivity index (χ1) is 11.5. The number of nitrogens with zero attached hydrogens (tertiary/aromatic N) is 1. The van der Waals surface area contributed by atoms with Crippen molar-refractivity contribution in [3.05, 3.63) is 35.1 Å². The van der Waals surface area contributed by atoms with Gasteiger partial charge in [-0.3, -0.25) is 4.79 Å². The van der Waals surface area contributed by atoms with Crippen LogP contribution in [0.1, 0.15) is 75.6 Å². The molecule has 0 aliphatic heterocycles. The number of hydrogen-bond donors (Lipinski definition) is 0. The highest BCUT2D eigenvalue weighted by Gasteiger charge is 2.22. The van der Waals surface area contributed by atoms with Crippen molar-refractivity contribution in [3.63, 3.8) is 0 Å². The van der Waals surface area contributed by atoms with E-state index in [1.165, 1.54) is 19.3 Å². The van der Waals surface area contributed by atoms with Gasteiger partial charge in [-0.2, -0.15) is 0 Å². The van der Waals surface area contributed by atoms with E-state index in [0.29, 0.717) is 13.1 Å². The second-order valence-electron chi connectivity index (χ2n) is 6.14. The summed E-state index contributed by atoms with van der Waals surface area (Å²) in [6.07, 6.45) is 8.23. The average Bonchev–Trinajstić information content (AvgIpc) is 2.58. The third kappa shape index (κ3) is 6.17. The van der Waals surface area contributed by atoms with Crippen molar-refractivity contribution in [1.82, 2.24) is 4.90 Å². The predicted molar refractivity (Wildman–Crippen MR) is 90.5 cm³/mol. The van der Waals surface area contributed by atoms with Crippen LogP contribution in [0.3, 0.4) is 0 Å². The molecule has 0 bridgehead atoms. The van der Waals surface area contributed by atoms with Gasteiger partial charge in [0.05, 0.1) is 5.56 Å². The predicted octanol–water partition coefficient (Wildman–Crippen LogP) is 5.71. The van der Waals surface area contributed by atoms with Gasteiger partial charge >= 0.3 is 0 Å². The van der Waals surface area contributed by atoms with E-state index in [-0.39, 0.29) is 0 Å². The fourth-order valence-corrected chi connectivity index (χ4v) is 2.61. The molecule has 1 aromatic rings. The molecule has 0 aliphatic rings. The average molecular weight is 343 g/mol. The van der Waals surface area contributed by atoms with Crippen LogP contribution in [0.15, 0.2) is 12.1 Å². The zero-order valence-electron chi connectivity index (χ0n) is 14.7.